The summed E-state index contributed by atoms with van der Waals surface area (Å²) in [5, 5.41) is 4.05. The normalized spacial score (nSPS) is 10.5. The molecule has 3 heteroatoms. The van der Waals surface area contributed by atoms with Gasteiger partial charge < -0.3 is 0 Å². The number of aryl methyl sites for hydroxylation is 1. The predicted octanol–water partition coefficient (Wildman–Crippen LogP) is 1.71. The average molecular weight is 174 g/mol. The lowest BCUT2D eigenvalue weighted by Crippen LogP contribution is -1.89. The minimum absolute atomic E-state index is 0.648. The number of fused-ring (bicyclic) bond motifs is 1. The molecule has 3 nitrogen and oxygen atoms in total. The van der Waals surface area contributed by atoms with Crippen molar-refractivity contribution >= 4 is 11.8 Å². The van der Waals surface area contributed by atoms with Crippen LogP contribution in [0.5, 0.6) is 0 Å². The van der Waals surface area contributed by atoms with Crippen molar-refractivity contribution in [2.75, 3.05) is 0 Å². The fraction of sp³-hybridized carbons (Fsp3) is 0.200. The lowest BCUT2D eigenvalue weighted by atomic mass is 10.2. The van der Waals surface area contributed by atoms with E-state index in [9.17, 15) is 4.79 Å². The van der Waals surface area contributed by atoms with E-state index >= 15 is 0 Å². The molecule has 2 rings (SSSR count). The number of rotatable bonds is 2. The van der Waals surface area contributed by atoms with Crippen LogP contribution in [0.4, 0.5) is 0 Å². The fourth-order valence-electron chi connectivity index (χ4n) is 1.35. The molecule has 0 N–H and O–H groups in total. The summed E-state index contributed by atoms with van der Waals surface area (Å²) in [6, 6.07) is 4.01. The zero-order valence-electron chi connectivity index (χ0n) is 7.40. The second-order valence-corrected chi connectivity index (χ2v) is 2.94. The maximum atomic E-state index is 10.6. The van der Waals surface area contributed by atoms with E-state index in [1.807, 2.05) is 18.3 Å². The highest BCUT2D eigenvalue weighted by molar-refractivity contribution is 5.85. The Bertz CT molecular complexity index is 445. The highest BCUT2D eigenvalue weighted by Crippen LogP contribution is 2.10. The molecule has 0 aliphatic rings. The Morgan fingerprint density at radius 2 is 2.46 bits per heavy atom. The van der Waals surface area contributed by atoms with Gasteiger partial charge in [-0.15, -0.1) is 0 Å². The van der Waals surface area contributed by atoms with Gasteiger partial charge in [-0.1, -0.05) is 6.92 Å². The number of nitrogens with zero attached hydrogens (tertiary/aromatic N) is 2. The van der Waals surface area contributed by atoms with Crippen LogP contribution < -0.4 is 0 Å². The molecule has 2 aromatic heterocycles. The van der Waals surface area contributed by atoms with Gasteiger partial charge in [-0.05, 0) is 24.1 Å². The third-order valence-electron chi connectivity index (χ3n) is 2.15. The molecule has 0 atom stereocenters. The van der Waals surface area contributed by atoms with Crippen LogP contribution >= 0.6 is 0 Å². The van der Waals surface area contributed by atoms with Gasteiger partial charge in [0, 0.05) is 6.20 Å². The van der Waals surface area contributed by atoms with Crippen molar-refractivity contribution in [2.45, 2.75) is 13.3 Å². The number of hydrogen-bond acceptors (Lipinski definition) is 2. The zero-order valence-corrected chi connectivity index (χ0v) is 7.40. The number of aromatic nitrogens is 2. The van der Waals surface area contributed by atoms with Gasteiger partial charge >= 0.3 is 0 Å². The van der Waals surface area contributed by atoms with E-state index in [4.69, 9.17) is 0 Å². The topological polar surface area (TPSA) is 34.4 Å². The molecule has 0 unspecified atom stereocenters. The third kappa shape index (κ3) is 1.22. The molecular formula is C10H10N2O. The summed E-state index contributed by atoms with van der Waals surface area (Å²) < 4.78 is 1.71. The number of pyridine rings is 1. The van der Waals surface area contributed by atoms with Crippen LogP contribution in [-0.4, -0.2) is 15.9 Å². The number of aldehydes is 1. The van der Waals surface area contributed by atoms with Gasteiger partial charge in [0.25, 0.3) is 0 Å². The number of carbonyl (C=O) groups is 1. The van der Waals surface area contributed by atoms with Crippen LogP contribution in [-0.2, 0) is 6.42 Å². The summed E-state index contributed by atoms with van der Waals surface area (Å²) in [6.07, 6.45) is 5.27. The lowest BCUT2D eigenvalue weighted by Gasteiger charge is -1.97. The number of carbonyl (C=O) groups excluding carboxylic acids is 1. The summed E-state index contributed by atoms with van der Waals surface area (Å²) in [7, 11) is 0. The van der Waals surface area contributed by atoms with Gasteiger partial charge in [0.05, 0.1) is 17.3 Å². The van der Waals surface area contributed by atoms with Crippen LogP contribution in [0.25, 0.3) is 5.52 Å². The minimum Gasteiger partial charge on any atom is -0.298 e. The molecule has 2 aromatic rings. The van der Waals surface area contributed by atoms with E-state index in [0.717, 1.165) is 18.2 Å². The summed E-state index contributed by atoms with van der Waals surface area (Å²) in [5.41, 5.74) is 2.75. The molecule has 0 aliphatic heterocycles. The molecule has 66 valence electrons. The molecule has 13 heavy (non-hydrogen) atoms. The smallest absolute Gasteiger partial charge is 0.153 e. The monoisotopic (exact) mass is 174 g/mol. The maximum Gasteiger partial charge on any atom is 0.153 e. The van der Waals surface area contributed by atoms with Gasteiger partial charge in [0.2, 0.25) is 0 Å². The Hall–Kier alpha value is -1.64. The van der Waals surface area contributed by atoms with Gasteiger partial charge in [-0.25, -0.2) is 4.52 Å². The second-order valence-electron chi connectivity index (χ2n) is 2.94. The lowest BCUT2D eigenvalue weighted by molar-refractivity contribution is 0.112. The van der Waals surface area contributed by atoms with Gasteiger partial charge in [-0.2, -0.15) is 5.10 Å². The standard InChI is InChI=1S/C10H10N2O/c1-2-8-3-4-12-10(5-8)9(7-13)6-11-12/h3-7H,2H2,1H3. The molecule has 0 radical (unpaired) electrons. The summed E-state index contributed by atoms with van der Waals surface area (Å²) in [5.74, 6) is 0. The van der Waals surface area contributed by atoms with Gasteiger partial charge in [0.1, 0.15) is 0 Å². The van der Waals surface area contributed by atoms with E-state index in [-0.39, 0.29) is 0 Å². The zero-order chi connectivity index (χ0) is 9.26. The van der Waals surface area contributed by atoms with Crippen LogP contribution in [0, 0.1) is 0 Å². The Labute approximate surface area is 76.0 Å². The van der Waals surface area contributed by atoms with E-state index in [1.54, 1.807) is 10.7 Å². The molecule has 0 aromatic carbocycles. The van der Waals surface area contributed by atoms with Gasteiger partial charge in [-0.3, -0.25) is 4.79 Å². The molecule has 0 fully saturated rings. The molecule has 0 aliphatic carbocycles. The summed E-state index contributed by atoms with van der Waals surface area (Å²) in [6.45, 7) is 2.09. The van der Waals surface area contributed by atoms with Crippen LogP contribution in [0.1, 0.15) is 22.8 Å². The van der Waals surface area contributed by atoms with Crippen molar-refractivity contribution in [3.63, 3.8) is 0 Å². The van der Waals surface area contributed by atoms with Crippen LogP contribution in [0.15, 0.2) is 24.5 Å². The Kier molecular flexibility index (Phi) is 1.85. The van der Waals surface area contributed by atoms with E-state index in [2.05, 4.69) is 12.0 Å². The maximum absolute atomic E-state index is 10.6. The largest absolute Gasteiger partial charge is 0.298 e. The van der Waals surface area contributed by atoms with Crippen molar-refractivity contribution in [2.24, 2.45) is 0 Å². The molecule has 0 spiro atoms. The van der Waals surface area contributed by atoms with Crippen molar-refractivity contribution in [1.82, 2.24) is 9.61 Å². The summed E-state index contributed by atoms with van der Waals surface area (Å²) in [4.78, 5) is 10.6. The first-order chi connectivity index (χ1) is 6.35. The van der Waals surface area contributed by atoms with Crippen LogP contribution in [0.2, 0.25) is 0 Å². The Morgan fingerprint density at radius 3 is 3.15 bits per heavy atom. The molecule has 0 amide bonds. The van der Waals surface area contributed by atoms with E-state index in [0.29, 0.717) is 5.56 Å². The second kappa shape index (κ2) is 3.01. The molecule has 0 saturated carbocycles. The first kappa shape index (κ1) is 7.98. The third-order valence-corrected chi connectivity index (χ3v) is 2.15. The van der Waals surface area contributed by atoms with E-state index in [1.165, 1.54) is 5.56 Å². The summed E-state index contributed by atoms with van der Waals surface area (Å²) >= 11 is 0. The highest BCUT2D eigenvalue weighted by atomic mass is 16.1. The number of hydrogen-bond donors (Lipinski definition) is 0. The molecule has 0 saturated heterocycles. The average Bonchev–Trinajstić information content (AvgIpc) is 2.59. The molecular weight excluding hydrogens is 164 g/mol. The molecule has 0 bridgehead atoms. The fourth-order valence-corrected chi connectivity index (χ4v) is 1.35. The molecule has 2 heterocycles. The van der Waals surface area contributed by atoms with Crippen molar-refractivity contribution < 1.29 is 4.79 Å². The van der Waals surface area contributed by atoms with Gasteiger partial charge in [0.15, 0.2) is 6.29 Å². The SMILES string of the molecule is CCc1ccn2ncc(C=O)c2c1. The van der Waals surface area contributed by atoms with Crippen molar-refractivity contribution in [1.29, 1.82) is 0 Å². The minimum atomic E-state index is 0.648. The van der Waals surface area contributed by atoms with Crippen LogP contribution in [0.3, 0.4) is 0 Å². The van der Waals surface area contributed by atoms with E-state index < -0.39 is 0 Å². The Balaban J connectivity index is 2.71. The predicted molar refractivity (Wildman–Crippen MR) is 50.0 cm³/mol. The first-order valence-corrected chi connectivity index (χ1v) is 4.26. The van der Waals surface area contributed by atoms with Crippen molar-refractivity contribution in [3.8, 4) is 0 Å². The first-order valence-electron chi connectivity index (χ1n) is 4.26. The highest BCUT2D eigenvalue weighted by Gasteiger charge is 2.02. The quantitative estimate of drug-likeness (QED) is 0.649. The van der Waals surface area contributed by atoms with Crippen molar-refractivity contribution in [3.05, 3.63) is 35.7 Å². The Morgan fingerprint density at radius 1 is 1.62 bits per heavy atom.